The Kier molecular flexibility index (Phi) is 7.01. The quantitative estimate of drug-likeness (QED) is 0.548. The standard InChI is InChI=1S/C25H33N3S2/c1-18(17-27(2)3)28-21-11-7-8-12-23(21)30-24-14-13-20(15-22(24)28)25(29)26-16-19-9-5-4-6-10-19/h7-8,11-15,18-19H,4-6,9-10,16-17H2,1-3H3,(H,26,29)/t18-/m1/s1. The van der Waals surface area contributed by atoms with Gasteiger partial charge >= 0.3 is 0 Å². The van der Waals surface area contributed by atoms with E-state index in [-0.39, 0.29) is 0 Å². The molecular weight excluding hydrogens is 406 g/mol. The van der Waals surface area contributed by atoms with Crippen molar-refractivity contribution in [3.63, 3.8) is 0 Å². The highest BCUT2D eigenvalue weighted by atomic mass is 32.2. The minimum absolute atomic E-state index is 0.361. The first kappa shape index (κ1) is 21.7. The normalized spacial score (nSPS) is 17.4. The van der Waals surface area contributed by atoms with Crippen molar-refractivity contribution in [3.8, 4) is 0 Å². The van der Waals surface area contributed by atoms with Crippen LogP contribution in [-0.4, -0.2) is 43.1 Å². The van der Waals surface area contributed by atoms with Crippen LogP contribution in [0.1, 0.15) is 44.6 Å². The summed E-state index contributed by atoms with van der Waals surface area (Å²) in [5.41, 5.74) is 3.69. The van der Waals surface area contributed by atoms with Crippen molar-refractivity contribution >= 4 is 40.3 Å². The van der Waals surface area contributed by atoms with Crippen LogP contribution in [0.2, 0.25) is 0 Å². The van der Waals surface area contributed by atoms with E-state index in [1.807, 2.05) is 11.8 Å². The fourth-order valence-corrected chi connectivity index (χ4v) is 6.00. The Labute approximate surface area is 191 Å². The number of nitrogens with zero attached hydrogens (tertiary/aromatic N) is 2. The van der Waals surface area contributed by atoms with E-state index in [4.69, 9.17) is 12.2 Å². The highest BCUT2D eigenvalue weighted by Gasteiger charge is 2.28. The number of hydrogen-bond donors (Lipinski definition) is 1. The molecule has 0 amide bonds. The molecule has 0 spiro atoms. The lowest BCUT2D eigenvalue weighted by Gasteiger charge is -2.38. The average Bonchev–Trinajstić information content (AvgIpc) is 2.75. The average molecular weight is 440 g/mol. The van der Waals surface area contributed by atoms with Crippen molar-refractivity contribution in [1.82, 2.24) is 10.2 Å². The van der Waals surface area contributed by atoms with E-state index in [2.05, 4.69) is 78.6 Å². The maximum Gasteiger partial charge on any atom is 0.106 e. The fourth-order valence-electron chi connectivity index (χ4n) is 4.74. The van der Waals surface area contributed by atoms with Crippen molar-refractivity contribution in [2.75, 3.05) is 32.1 Å². The van der Waals surface area contributed by atoms with Gasteiger partial charge in [-0.15, -0.1) is 0 Å². The molecule has 2 aromatic rings. The molecule has 2 aliphatic rings. The van der Waals surface area contributed by atoms with Gasteiger partial charge in [-0.2, -0.15) is 0 Å². The highest BCUT2D eigenvalue weighted by Crippen LogP contribution is 2.49. The van der Waals surface area contributed by atoms with Crippen molar-refractivity contribution in [1.29, 1.82) is 0 Å². The van der Waals surface area contributed by atoms with Crippen LogP contribution < -0.4 is 10.2 Å². The van der Waals surface area contributed by atoms with Crippen LogP contribution in [-0.2, 0) is 0 Å². The highest BCUT2D eigenvalue weighted by molar-refractivity contribution is 7.99. The number of nitrogens with one attached hydrogen (secondary N) is 1. The summed E-state index contributed by atoms with van der Waals surface area (Å²) in [5.74, 6) is 0.772. The van der Waals surface area contributed by atoms with E-state index >= 15 is 0 Å². The van der Waals surface area contributed by atoms with Gasteiger partial charge in [0.05, 0.1) is 11.4 Å². The first-order valence-corrected chi connectivity index (χ1v) is 12.4. The van der Waals surface area contributed by atoms with Gasteiger partial charge in [0.2, 0.25) is 0 Å². The zero-order chi connectivity index (χ0) is 21.1. The Morgan fingerprint density at radius 1 is 1.10 bits per heavy atom. The van der Waals surface area contributed by atoms with Crippen molar-refractivity contribution < 1.29 is 0 Å². The zero-order valence-corrected chi connectivity index (χ0v) is 20.0. The molecule has 0 unspecified atom stereocenters. The lowest BCUT2D eigenvalue weighted by Crippen LogP contribution is -2.38. The van der Waals surface area contributed by atoms with Gasteiger partial charge in [-0.25, -0.2) is 0 Å². The lowest BCUT2D eigenvalue weighted by molar-refractivity contribution is 0.357. The first-order valence-electron chi connectivity index (χ1n) is 11.2. The molecule has 0 radical (unpaired) electrons. The van der Waals surface area contributed by atoms with Crippen LogP contribution in [0.4, 0.5) is 11.4 Å². The summed E-state index contributed by atoms with van der Waals surface area (Å²) >= 11 is 7.66. The second kappa shape index (κ2) is 9.71. The van der Waals surface area contributed by atoms with Crippen molar-refractivity contribution in [3.05, 3.63) is 48.0 Å². The Morgan fingerprint density at radius 3 is 2.60 bits per heavy atom. The van der Waals surface area contributed by atoms with Gasteiger partial charge in [0.15, 0.2) is 0 Å². The number of fused-ring (bicyclic) bond motifs is 2. The maximum atomic E-state index is 5.80. The molecule has 1 saturated carbocycles. The molecule has 1 heterocycles. The van der Waals surface area contributed by atoms with E-state index in [9.17, 15) is 0 Å². The Hall–Kier alpha value is -1.56. The predicted molar refractivity (Wildman–Crippen MR) is 133 cm³/mol. The molecule has 0 saturated heterocycles. The third-order valence-corrected chi connectivity index (χ3v) is 7.68. The van der Waals surface area contributed by atoms with Gasteiger partial charge in [0.1, 0.15) is 4.99 Å². The summed E-state index contributed by atoms with van der Waals surface area (Å²) < 4.78 is 0. The van der Waals surface area contributed by atoms with Gasteiger partial charge in [-0.3, -0.25) is 0 Å². The van der Waals surface area contributed by atoms with Gasteiger partial charge in [-0.1, -0.05) is 61.4 Å². The summed E-state index contributed by atoms with van der Waals surface area (Å²) in [7, 11) is 4.28. The Morgan fingerprint density at radius 2 is 1.83 bits per heavy atom. The molecule has 1 aliphatic carbocycles. The predicted octanol–water partition coefficient (Wildman–Crippen LogP) is 6.08. The number of anilines is 2. The fraction of sp³-hybridized carbons (Fsp3) is 0.480. The molecule has 3 nitrogen and oxygen atoms in total. The molecule has 0 bridgehead atoms. The van der Waals surface area contributed by atoms with Crippen LogP contribution in [0.5, 0.6) is 0 Å². The topological polar surface area (TPSA) is 18.5 Å². The number of benzene rings is 2. The minimum Gasteiger partial charge on any atom is -0.376 e. The smallest absolute Gasteiger partial charge is 0.106 e. The number of likely N-dealkylation sites (N-methyl/N-ethyl adjacent to an activating group) is 1. The number of thiocarbonyl (C=S) groups is 1. The largest absolute Gasteiger partial charge is 0.376 e. The van der Waals surface area contributed by atoms with Crippen molar-refractivity contribution in [2.24, 2.45) is 5.92 Å². The number of para-hydroxylation sites is 1. The Bertz CT molecular complexity index is 890. The molecule has 1 fully saturated rings. The molecular formula is C25H33N3S2. The molecule has 0 aromatic heterocycles. The Balaban J connectivity index is 1.58. The molecule has 4 rings (SSSR count). The molecule has 1 atom stereocenters. The SMILES string of the molecule is C[C@H](CN(C)C)N1c2ccccc2Sc2ccc(C(=S)NCC3CCCCC3)cc21. The second-order valence-electron chi connectivity index (χ2n) is 8.95. The molecule has 1 aliphatic heterocycles. The van der Waals surface area contributed by atoms with Gasteiger partial charge in [0.25, 0.3) is 0 Å². The molecule has 1 N–H and O–H groups in total. The van der Waals surface area contributed by atoms with Crippen molar-refractivity contribution in [2.45, 2.75) is 54.9 Å². The second-order valence-corrected chi connectivity index (χ2v) is 10.4. The van der Waals surface area contributed by atoms with E-state index < -0.39 is 0 Å². The van der Waals surface area contributed by atoms with Gasteiger partial charge < -0.3 is 15.1 Å². The van der Waals surface area contributed by atoms with E-state index in [1.54, 1.807) is 0 Å². The summed E-state index contributed by atoms with van der Waals surface area (Å²) in [4.78, 5) is 8.26. The summed E-state index contributed by atoms with van der Waals surface area (Å²) in [6.45, 7) is 4.31. The monoisotopic (exact) mass is 439 g/mol. The number of rotatable bonds is 6. The van der Waals surface area contributed by atoms with Crippen LogP contribution in [0.25, 0.3) is 0 Å². The maximum absolute atomic E-state index is 5.80. The molecule has 30 heavy (non-hydrogen) atoms. The van der Waals surface area contributed by atoms with Crippen LogP contribution >= 0.6 is 24.0 Å². The lowest BCUT2D eigenvalue weighted by atomic mass is 9.89. The molecule has 2 aromatic carbocycles. The summed E-state index contributed by atoms with van der Waals surface area (Å²) in [6, 6.07) is 15.8. The third-order valence-electron chi connectivity index (χ3n) is 6.17. The van der Waals surface area contributed by atoms with Crippen LogP contribution in [0.3, 0.4) is 0 Å². The van der Waals surface area contributed by atoms with Crippen LogP contribution in [0, 0.1) is 5.92 Å². The van der Waals surface area contributed by atoms with E-state index in [0.29, 0.717) is 6.04 Å². The third kappa shape index (κ3) is 4.84. The molecule has 5 heteroatoms. The zero-order valence-electron chi connectivity index (χ0n) is 18.4. The summed E-state index contributed by atoms with van der Waals surface area (Å²) in [6.07, 6.45) is 6.80. The van der Waals surface area contributed by atoms with Gasteiger partial charge in [0, 0.05) is 34.5 Å². The van der Waals surface area contributed by atoms with Crippen LogP contribution in [0.15, 0.2) is 52.3 Å². The van der Waals surface area contributed by atoms with E-state index in [1.165, 1.54) is 53.3 Å². The molecule has 160 valence electrons. The number of hydrogen-bond acceptors (Lipinski definition) is 4. The van der Waals surface area contributed by atoms with Gasteiger partial charge in [-0.05, 0) is 64.0 Å². The minimum atomic E-state index is 0.361. The van der Waals surface area contributed by atoms with E-state index in [0.717, 1.165) is 29.6 Å². The summed E-state index contributed by atoms with van der Waals surface area (Å²) in [5, 5.41) is 3.57. The first-order chi connectivity index (χ1) is 14.5.